The third-order valence-electron chi connectivity index (χ3n) is 6.30. The number of aryl methyl sites for hydroxylation is 1. The molecule has 0 aromatic heterocycles. The van der Waals surface area contributed by atoms with Gasteiger partial charge in [0, 0.05) is 4.90 Å². The van der Waals surface area contributed by atoms with Gasteiger partial charge in [-0.25, -0.2) is 0 Å². The zero-order valence-corrected chi connectivity index (χ0v) is 27.5. The molecule has 0 atom stereocenters. The quantitative estimate of drug-likeness (QED) is 0.218. The Hall–Kier alpha value is -3.29. The molecule has 0 saturated heterocycles. The maximum Gasteiger partial charge on any atom is 0.00404 e. The van der Waals surface area contributed by atoms with Crippen molar-refractivity contribution in [2.45, 2.75) is 80.1 Å². The normalized spacial score (nSPS) is 13.8. The topological polar surface area (TPSA) is 0 Å². The lowest BCUT2D eigenvalue weighted by atomic mass is 9.85. The average Bonchev–Trinajstić information content (AvgIpc) is 3.26. The SMILES string of the molecule is C/C=C\C.C=C1C(C)=C(C2=CC=C(C)CC2)C(c2ccc(C)cc2)=C1c1ccc(S)cc1.C=CC=C.CC.CC. The zero-order chi connectivity index (χ0) is 30.7. The van der Waals surface area contributed by atoms with Crippen LogP contribution in [0.5, 0.6) is 0 Å². The summed E-state index contributed by atoms with van der Waals surface area (Å²) in [6.07, 6.45) is 14.1. The average molecular weight is 553 g/mol. The first-order chi connectivity index (χ1) is 19.3. The fraction of sp³-hybridized carbons (Fsp3) is 0.282. The minimum atomic E-state index is 0.977. The van der Waals surface area contributed by atoms with Gasteiger partial charge in [0.05, 0.1) is 0 Å². The van der Waals surface area contributed by atoms with Crippen LogP contribution in [-0.2, 0) is 0 Å². The van der Waals surface area contributed by atoms with Gasteiger partial charge in [-0.3, -0.25) is 0 Å². The van der Waals surface area contributed by atoms with Gasteiger partial charge in [0.1, 0.15) is 0 Å². The molecular formula is C39H52S. The maximum absolute atomic E-state index is 4.49. The summed E-state index contributed by atoms with van der Waals surface area (Å²) in [5, 5.41) is 0. The van der Waals surface area contributed by atoms with E-state index in [2.05, 4.69) is 114 Å². The van der Waals surface area contributed by atoms with Gasteiger partial charge < -0.3 is 0 Å². The summed E-state index contributed by atoms with van der Waals surface area (Å²) in [4.78, 5) is 0.977. The summed E-state index contributed by atoms with van der Waals surface area (Å²) >= 11 is 4.46. The highest BCUT2D eigenvalue weighted by atomic mass is 32.1. The summed E-state index contributed by atoms with van der Waals surface area (Å²) in [5.41, 5.74) is 13.0. The molecule has 0 bridgehead atoms. The van der Waals surface area contributed by atoms with Crippen LogP contribution in [0.1, 0.15) is 84.9 Å². The molecule has 2 aromatic carbocycles. The van der Waals surface area contributed by atoms with Crippen molar-refractivity contribution in [2.24, 2.45) is 0 Å². The minimum absolute atomic E-state index is 0.977. The smallest absolute Gasteiger partial charge is 0.00404 e. The highest BCUT2D eigenvalue weighted by molar-refractivity contribution is 7.80. The van der Waals surface area contributed by atoms with Crippen LogP contribution < -0.4 is 0 Å². The van der Waals surface area contributed by atoms with E-state index in [1.54, 1.807) is 12.2 Å². The van der Waals surface area contributed by atoms with E-state index in [0.29, 0.717) is 0 Å². The van der Waals surface area contributed by atoms with Crippen LogP contribution in [0, 0.1) is 6.92 Å². The molecule has 0 unspecified atom stereocenters. The van der Waals surface area contributed by atoms with Gasteiger partial charge in [-0.2, -0.15) is 0 Å². The van der Waals surface area contributed by atoms with E-state index in [1.165, 1.54) is 50.1 Å². The minimum Gasteiger partial charge on any atom is -0.143 e. The Balaban J connectivity index is 0.00000109. The van der Waals surface area contributed by atoms with Crippen molar-refractivity contribution in [2.75, 3.05) is 0 Å². The first-order valence-corrected chi connectivity index (χ1v) is 14.9. The lowest BCUT2D eigenvalue weighted by molar-refractivity contribution is 0.918. The Bertz CT molecular complexity index is 1230. The molecule has 214 valence electrons. The lowest BCUT2D eigenvalue weighted by Gasteiger charge is -2.19. The Morgan fingerprint density at radius 3 is 1.55 bits per heavy atom. The van der Waals surface area contributed by atoms with Gasteiger partial charge >= 0.3 is 0 Å². The van der Waals surface area contributed by atoms with E-state index in [4.69, 9.17) is 0 Å². The largest absolute Gasteiger partial charge is 0.143 e. The third-order valence-corrected chi connectivity index (χ3v) is 6.60. The highest BCUT2D eigenvalue weighted by Crippen LogP contribution is 2.50. The van der Waals surface area contributed by atoms with Crippen molar-refractivity contribution in [1.82, 2.24) is 0 Å². The van der Waals surface area contributed by atoms with Gasteiger partial charge in [-0.15, -0.1) is 12.6 Å². The molecule has 4 rings (SSSR count). The summed E-state index contributed by atoms with van der Waals surface area (Å²) in [7, 11) is 0. The van der Waals surface area contributed by atoms with Gasteiger partial charge in [0.2, 0.25) is 0 Å². The van der Waals surface area contributed by atoms with Crippen molar-refractivity contribution >= 4 is 23.8 Å². The summed E-state index contributed by atoms with van der Waals surface area (Å²) in [6.45, 7) is 29.8. The summed E-state index contributed by atoms with van der Waals surface area (Å²) < 4.78 is 0. The van der Waals surface area contributed by atoms with Gasteiger partial charge in [-0.05, 0) is 104 Å². The highest BCUT2D eigenvalue weighted by Gasteiger charge is 2.29. The number of allylic oxidation sites excluding steroid dienone is 13. The van der Waals surface area contributed by atoms with Crippen molar-refractivity contribution in [1.29, 1.82) is 0 Å². The fourth-order valence-electron chi connectivity index (χ4n) is 4.11. The lowest BCUT2D eigenvalue weighted by Crippen LogP contribution is -1.99. The summed E-state index contributed by atoms with van der Waals surface area (Å²) in [5.74, 6) is 0. The Morgan fingerprint density at radius 1 is 0.650 bits per heavy atom. The van der Waals surface area contributed by atoms with Crippen LogP contribution in [0.3, 0.4) is 0 Å². The van der Waals surface area contributed by atoms with Gasteiger partial charge in [0.25, 0.3) is 0 Å². The van der Waals surface area contributed by atoms with E-state index >= 15 is 0 Å². The number of hydrogen-bond donors (Lipinski definition) is 1. The second kappa shape index (κ2) is 20.6. The molecule has 0 N–H and O–H groups in total. The predicted molar refractivity (Wildman–Crippen MR) is 188 cm³/mol. The van der Waals surface area contributed by atoms with Crippen LogP contribution in [-0.4, -0.2) is 0 Å². The molecule has 0 heterocycles. The van der Waals surface area contributed by atoms with E-state index in [0.717, 1.165) is 23.3 Å². The predicted octanol–water partition coefficient (Wildman–Crippen LogP) is 12.7. The number of rotatable bonds is 4. The molecule has 0 saturated carbocycles. The molecule has 0 radical (unpaired) electrons. The van der Waals surface area contributed by atoms with E-state index in [1.807, 2.05) is 53.7 Å². The molecule has 0 aliphatic heterocycles. The molecule has 40 heavy (non-hydrogen) atoms. The fourth-order valence-corrected chi connectivity index (χ4v) is 4.26. The van der Waals surface area contributed by atoms with E-state index in [-0.39, 0.29) is 0 Å². The summed E-state index contributed by atoms with van der Waals surface area (Å²) in [6, 6.07) is 17.3. The number of benzene rings is 2. The first-order valence-electron chi connectivity index (χ1n) is 14.5. The second-order valence-electron chi connectivity index (χ2n) is 8.98. The Kier molecular flexibility index (Phi) is 18.9. The second-order valence-corrected chi connectivity index (χ2v) is 9.50. The van der Waals surface area contributed by atoms with Crippen LogP contribution in [0.25, 0.3) is 11.1 Å². The molecule has 0 fully saturated rings. The monoisotopic (exact) mass is 552 g/mol. The van der Waals surface area contributed by atoms with Crippen LogP contribution in [0.2, 0.25) is 0 Å². The van der Waals surface area contributed by atoms with Gasteiger partial charge in [0.15, 0.2) is 0 Å². The first kappa shape index (κ1) is 36.7. The van der Waals surface area contributed by atoms with Crippen LogP contribution >= 0.6 is 12.6 Å². The molecule has 0 amide bonds. The molecule has 2 aliphatic rings. The maximum atomic E-state index is 4.49. The van der Waals surface area contributed by atoms with Crippen LogP contribution in [0.4, 0.5) is 0 Å². The third kappa shape index (κ3) is 10.7. The van der Waals surface area contributed by atoms with Gasteiger partial charge in [-0.1, -0.05) is 131 Å². The molecule has 2 aromatic rings. The van der Waals surface area contributed by atoms with Crippen molar-refractivity contribution in [3.8, 4) is 0 Å². The van der Waals surface area contributed by atoms with E-state index < -0.39 is 0 Å². The Labute approximate surface area is 252 Å². The van der Waals surface area contributed by atoms with Crippen molar-refractivity contribution < 1.29 is 0 Å². The zero-order valence-electron chi connectivity index (χ0n) is 26.6. The van der Waals surface area contributed by atoms with Crippen molar-refractivity contribution in [3.63, 3.8) is 0 Å². The van der Waals surface area contributed by atoms with Crippen molar-refractivity contribution in [3.05, 3.63) is 149 Å². The molecule has 0 spiro atoms. The van der Waals surface area contributed by atoms with Crippen LogP contribution in [0.15, 0.2) is 137 Å². The van der Waals surface area contributed by atoms with E-state index in [9.17, 15) is 0 Å². The molecular weight excluding hydrogens is 500 g/mol. The molecule has 1 heteroatoms. The number of hydrogen-bond acceptors (Lipinski definition) is 1. The Morgan fingerprint density at radius 2 is 1.12 bits per heavy atom. The number of thiol groups is 1. The standard InChI is InChI=1S/C27H26S.C4H8.C4H6.2C2H6/c1-17-5-9-21(10-6-17)25-19(3)20(4)26(22-13-15-24(28)16-14-22)27(25)23-11-7-18(2)8-12-23;2*1-3-4-2;2*1-2/h5,7-9,11-16,28H,4,6,10H2,1-3H3;3-4H,1-2H3;3-4H,1-2H2;2*1-2H3/b;4-3-;;;. The molecule has 0 nitrogen and oxygen atoms in total. The molecule has 2 aliphatic carbocycles.